The van der Waals surface area contributed by atoms with Crippen LogP contribution in [0.15, 0.2) is 0 Å². The van der Waals surface area contributed by atoms with Crippen LogP contribution in [-0.4, -0.2) is 42.5 Å². The molecule has 1 saturated carbocycles. The van der Waals surface area contributed by atoms with Gasteiger partial charge in [-0.1, -0.05) is 12.8 Å². The van der Waals surface area contributed by atoms with Gasteiger partial charge in [0, 0.05) is 26.2 Å². The Morgan fingerprint density at radius 3 is 2.53 bits per heavy atom. The van der Waals surface area contributed by atoms with Crippen LogP contribution in [0.25, 0.3) is 0 Å². The van der Waals surface area contributed by atoms with Crippen molar-refractivity contribution < 1.29 is 4.79 Å². The zero-order valence-electron chi connectivity index (χ0n) is 9.46. The van der Waals surface area contributed by atoms with Crippen LogP contribution in [0.1, 0.15) is 26.2 Å². The minimum absolute atomic E-state index is 0.156. The Kier molecular flexibility index (Phi) is 2.98. The number of primary amides is 1. The largest absolute Gasteiger partial charge is 0.368 e. The van der Waals surface area contributed by atoms with Gasteiger partial charge >= 0.3 is 0 Å². The molecule has 0 bridgehead atoms. The summed E-state index contributed by atoms with van der Waals surface area (Å²) in [6, 6.07) is 0. The van der Waals surface area contributed by atoms with Crippen LogP contribution in [0.2, 0.25) is 0 Å². The highest BCUT2D eigenvalue weighted by molar-refractivity contribution is 5.84. The molecule has 4 heteroatoms. The Morgan fingerprint density at radius 1 is 1.47 bits per heavy atom. The van der Waals surface area contributed by atoms with Gasteiger partial charge in [0.15, 0.2) is 0 Å². The van der Waals surface area contributed by atoms with Crippen LogP contribution >= 0.6 is 0 Å². The number of nitrogens with one attached hydrogen (secondary N) is 1. The van der Waals surface area contributed by atoms with Crippen LogP contribution in [-0.2, 0) is 4.79 Å². The van der Waals surface area contributed by atoms with Gasteiger partial charge in [-0.15, -0.1) is 0 Å². The van der Waals surface area contributed by atoms with Crippen LogP contribution in [0.4, 0.5) is 0 Å². The standard InChI is InChI=1S/C11H21N3O/c1-11(10(12)15,8-9-2-3-9)14-6-4-13-5-7-14/h9,13H,2-8H2,1H3,(H2,12,15). The highest BCUT2D eigenvalue weighted by atomic mass is 16.1. The molecule has 3 N–H and O–H groups in total. The first-order valence-electron chi connectivity index (χ1n) is 5.88. The Morgan fingerprint density at radius 2 is 2.07 bits per heavy atom. The molecule has 0 aromatic carbocycles. The molecule has 0 aromatic heterocycles. The summed E-state index contributed by atoms with van der Waals surface area (Å²) in [6.07, 6.45) is 3.49. The molecule has 1 saturated heterocycles. The van der Waals surface area contributed by atoms with Gasteiger partial charge in [-0.05, 0) is 19.3 Å². The summed E-state index contributed by atoms with van der Waals surface area (Å²) in [5, 5.41) is 3.30. The van der Waals surface area contributed by atoms with Crippen LogP contribution in [0.5, 0.6) is 0 Å². The molecule has 1 aliphatic heterocycles. The van der Waals surface area contributed by atoms with Gasteiger partial charge in [-0.3, -0.25) is 9.69 Å². The number of carbonyl (C=O) groups excluding carboxylic acids is 1. The Hall–Kier alpha value is -0.610. The van der Waals surface area contributed by atoms with E-state index in [1.54, 1.807) is 0 Å². The topological polar surface area (TPSA) is 58.4 Å². The van der Waals surface area contributed by atoms with Gasteiger partial charge in [-0.2, -0.15) is 0 Å². The lowest BCUT2D eigenvalue weighted by atomic mass is 9.91. The summed E-state index contributed by atoms with van der Waals surface area (Å²) in [5.41, 5.74) is 5.16. The summed E-state index contributed by atoms with van der Waals surface area (Å²) in [7, 11) is 0. The Balaban J connectivity index is 2.04. The monoisotopic (exact) mass is 211 g/mol. The number of nitrogens with two attached hydrogens (primary N) is 1. The first kappa shape index (κ1) is 10.9. The van der Waals surface area contributed by atoms with Crippen molar-refractivity contribution in [3.63, 3.8) is 0 Å². The molecule has 2 fully saturated rings. The van der Waals surface area contributed by atoms with Crippen LogP contribution in [0, 0.1) is 5.92 Å². The van der Waals surface area contributed by atoms with Crippen LogP contribution in [0.3, 0.4) is 0 Å². The fourth-order valence-corrected chi connectivity index (χ4v) is 2.43. The van der Waals surface area contributed by atoms with Crippen molar-refractivity contribution in [1.29, 1.82) is 0 Å². The van der Waals surface area contributed by atoms with E-state index in [9.17, 15) is 4.79 Å². The maximum Gasteiger partial charge on any atom is 0.237 e. The van der Waals surface area contributed by atoms with Gasteiger partial charge in [0.05, 0.1) is 5.54 Å². The first-order chi connectivity index (χ1) is 7.13. The molecule has 86 valence electrons. The summed E-state index contributed by atoms with van der Waals surface area (Å²) < 4.78 is 0. The van der Waals surface area contributed by atoms with E-state index < -0.39 is 5.54 Å². The summed E-state index contributed by atoms with van der Waals surface area (Å²) in [4.78, 5) is 13.9. The Bertz CT molecular complexity index is 246. The second kappa shape index (κ2) is 4.10. The van der Waals surface area contributed by atoms with Crippen molar-refractivity contribution in [3.05, 3.63) is 0 Å². The molecule has 0 radical (unpaired) electrons. The summed E-state index contributed by atoms with van der Waals surface area (Å²) in [5.74, 6) is 0.577. The van der Waals surface area contributed by atoms with Crippen molar-refractivity contribution in [2.75, 3.05) is 26.2 Å². The zero-order chi connectivity index (χ0) is 10.9. The van der Waals surface area contributed by atoms with Crippen molar-refractivity contribution in [1.82, 2.24) is 10.2 Å². The van der Waals surface area contributed by atoms with E-state index in [0.29, 0.717) is 0 Å². The van der Waals surface area contributed by atoms with Gasteiger partial charge < -0.3 is 11.1 Å². The molecule has 1 amide bonds. The number of carbonyl (C=O) groups is 1. The average molecular weight is 211 g/mol. The number of piperazine rings is 1. The smallest absolute Gasteiger partial charge is 0.237 e. The molecule has 4 nitrogen and oxygen atoms in total. The lowest BCUT2D eigenvalue weighted by molar-refractivity contribution is -0.130. The van der Waals surface area contributed by atoms with E-state index >= 15 is 0 Å². The van der Waals surface area contributed by atoms with Gasteiger partial charge in [0.1, 0.15) is 0 Å². The molecular weight excluding hydrogens is 190 g/mol. The zero-order valence-corrected chi connectivity index (χ0v) is 9.46. The SMILES string of the molecule is CC(CC1CC1)(C(N)=O)N1CCNCC1. The van der Waals surface area contributed by atoms with Gasteiger partial charge in [0.2, 0.25) is 5.91 Å². The second-order valence-electron chi connectivity index (χ2n) is 5.02. The first-order valence-corrected chi connectivity index (χ1v) is 5.88. The highest BCUT2D eigenvalue weighted by Gasteiger charge is 2.42. The minimum Gasteiger partial charge on any atom is -0.368 e. The molecule has 1 unspecified atom stereocenters. The molecule has 1 atom stereocenters. The number of hydrogen-bond acceptors (Lipinski definition) is 3. The quantitative estimate of drug-likeness (QED) is 0.684. The molecule has 0 aromatic rings. The Labute approximate surface area is 91.2 Å². The predicted octanol–water partition coefficient (Wildman–Crippen LogP) is -0.0643. The molecule has 15 heavy (non-hydrogen) atoms. The fourth-order valence-electron chi connectivity index (χ4n) is 2.43. The third kappa shape index (κ3) is 2.32. The molecule has 2 rings (SSSR count). The molecule has 1 aliphatic carbocycles. The van der Waals surface area contributed by atoms with E-state index in [0.717, 1.165) is 38.5 Å². The van der Waals surface area contributed by atoms with E-state index in [4.69, 9.17) is 5.73 Å². The van der Waals surface area contributed by atoms with E-state index in [1.807, 2.05) is 6.92 Å². The summed E-state index contributed by atoms with van der Waals surface area (Å²) >= 11 is 0. The van der Waals surface area contributed by atoms with Crippen LogP contribution < -0.4 is 11.1 Å². The molecule has 2 aliphatic rings. The second-order valence-corrected chi connectivity index (χ2v) is 5.02. The fraction of sp³-hybridized carbons (Fsp3) is 0.909. The van der Waals surface area contributed by atoms with Crippen molar-refractivity contribution in [3.8, 4) is 0 Å². The number of nitrogens with zero attached hydrogens (tertiary/aromatic N) is 1. The normalized spacial score (nSPS) is 27.3. The lowest BCUT2D eigenvalue weighted by Gasteiger charge is -2.41. The van der Waals surface area contributed by atoms with Crippen molar-refractivity contribution in [2.24, 2.45) is 11.7 Å². The maximum absolute atomic E-state index is 11.6. The van der Waals surface area contributed by atoms with Crippen molar-refractivity contribution >= 4 is 5.91 Å². The summed E-state index contributed by atoms with van der Waals surface area (Å²) in [6.45, 7) is 5.82. The maximum atomic E-state index is 11.6. The predicted molar refractivity (Wildman–Crippen MR) is 59.4 cm³/mol. The molecular formula is C11H21N3O. The highest BCUT2D eigenvalue weighted by Crippen LogP contribution is 2.38. The number of rotatable bonds is 4. The third-order valence-corrected chi connectivity index (χ3v) is 3.73. The third-order valence-electron chi connectivity index (χ3n) is 3.73. The number of hydrogen-bond donors (Lipinski definition) is 2. The van der Waals surface area contributed by atoms with Crippen molar-refractivity contribution in [2.45, 2.75) is 31.7 Å². The van der Waals surface area contributed by atoms with Gasteiger partial charge in [-0.25, -0.2) is 0 Å². The molecule has 1 heterocycles. The van der Waals surface area contributed by atoms with E-state index in [1.165, 1.54) is 12.8 Å². The van der Waals surface area contributed by atoms with Gasteiger partial charge in [0.25, 0.3) is 0 Å². The van der Waals surface area contributed by atoms with E-state index in [-0.39, 0.29) is 5.91 Å². The minimum atomic E-state index is -0.413. The molecule has 0 spiro atoms. The van der Waals surface area contributed by atoms with E-state index in [2.05, 4.69) is 10.2 Å². The number of amides is 1. The lowest BCUT2D eigenvalue weighted by Crippen LogP contribution is -2.60. The average Bonchev–Trinajstić information content (AvgIpc) is 3.02.